The van der Waals surface area contributed by atoms with Crippen molar-refractivity contribution in [3.8, 4) is 0 Å². The minimum atomic E-state index is 0.830. The van der Waals surface area contributed by atoms with Crippen molar-refractivity contribution < 1.29 is 0 Å². The SMILES string of the molecule is c1ccc(Cc2nnc3n2Cc2ccccc2S3)cc1. The van der Waals surface area contributed by atoms with Crippen molar-refractivity contribution in [3.63, 3.8) is 0 Å². The Labute approximate surface area is 121 Å². The number of hydrogen-bond donors (Lipinski definition) is 0. The Kier molecular flexibility index (Phi) is 2.81. The van der Waals surface area contributed by atoms with E-state index < -0.39 is 0 Å². The summed E-state index contributed by atoms with van der Waals surface area (Å²) in [5.74, 6) is 1.04. The number of nitrogens with zero attached hydrogens (tertiary/aromatic N) is 3. The smallest absolute Gasteiger partial charge is 0.196 e. The van der Waals surface area contributed by atoms with E-state index in [1.807, 2.05) is 6.07 Å². The summed E-state index contributed by atoms with van der Waals surface area (Å²) in [5, 5.41) is 9.69. The average Bonchev–Trinajstić information content (AvgIpc) is 2.88. The molecular weight excluding hydrogens is 266 g/mol. The molecule has 98 valence electrons. The predicted molar refractivity (Wildman–Crippen MR) is 78.9 cm³/mol. The highest BCUT2D eigenvalue weighted by molar-refractivity contribution is 7.99. The van der Waals surface area contributed by atoms with Gasteiger partial charge in [0.2, 0.25) is 0 Å². The van der Waals surface area contributed by atoms with Gasteiger partial charge in [0.15, 0.2) is 5.16 Å². The van der Waals surface area contributed by atoms with Gasteiger partial charge in [0, 0.05) is 11.3 Å². The largest absolute Gasteiger partial charge is 0.301 e. The van der Waals surface area contributed by atoms with Crippen molar-refractivity contribution in [2.45, 2.75) is 23.0 Å². The second-order valence-electron chi connectivity index (χ2n) is 4.86. The van der Waals surface area contributed by atoms with Crippen LogP contribution in [-0.2, 0) is 13.0 Å². The molecule has 1 aromatic heterocycles. The number of hydrogen-bond acceptors (Lipinski definition) is 3. The van der Waals surface area contributed by atoms with Crippen molar-refractivity contribution in [3.05, 3.63) is 71.5 Å². The van der Waals surface area contributed by atoms with Crippen LogP contribution in [0.1, 0.15) is 17.0 Å². The third-order valence-corrected chi connectivity index (χ3v) is 4.60. The number of benzene rings is 2. The Bertz CT molecular complexity index is 749. The molecule has 3 aromatic rings. The van der Waals surface area contributed by atoms with Gasteiger partial charge in [-0.3, -0.25) is 0 Å². The van der Waals surface area contributed by atoms with Crippen molar-refractivity contribution >= 4 is 11.8 Å². The molecule has 2 aromatic carbocycles. The molecule has 4 heteroatoms. The van der Waals surface area contributed by atoms with E-state index in [2.05, 4.69) is 63.3 Å². The quantitative estimate of drug-likeness (QED) is 0.563. The highest BCUT2D eigenvalue weighted by atomic mass is 32.2. The van der Waals surface area contributed by atoms with Crippen LogP contribution in [0.2, 0.25) is 0 Å². The maximum Gasteiger partial charge on any atom is 0.196 e. The maximum absolute atomic E-state index is 4.37. The Hall–Kier alpha value is -2.07. The molecule has 0 spiro atoms. The lowest BCUT2D eigenvalue weighted by atomic mass is 10.1. The number of aromatic nitrogens is 3. The fourth-order valence-corrected chi connectivity index (χ4v) is 3.43. The van der Waals surface area contributed by atoms with Gasteiger partial charge in [0.25, 0.3) is 0 Å². The van der Waals surface area contributed by atoms with Crippen LogP contribution in [-0.4, -0.2) is 14.8 Å². The Balaban J connectivity index is 1.68. The minimum absolute atomic E-state index is 0.830. The summed E-state index contributed by atoms with van der Waals surface area (Å²) in [7, 11) is 0. The molecule has 1 aliphatic rings. The minimum Gasteiger partial charge on any atom is -0.301 e. The summed E-state index contributed by atoms with van der Waals surface area (Å²) < 4.78 is 2.22. The predicted octanol–water partition coefficient (Wildman–Crippen LogP) is 3.38. The van der Waals surface area contributed by atoms with Crippen LogP contribution >= 0.6 is 11.8 Å². The third-order valence-electron chi connectivity index (χ3n) is 3.50. The summed E-state index contributed by atoms with van der Waals surface area (Å²) in [4.78, 5) is 1.29. The summed E-state index contributed by atoms with van der Waals surface area (Å²) in [6, 6.07) is 18.9. The molecule has 2 heterocycles. The van der Waals surface area contributed by atoms with E-state index in [1.165, 1.54) is 16.0 Å². The molecule has 0 amide bonds. The van der Waals surface area contributed by atoms with Crippen molar-refractivity contribution in [1.82, 2.24) is 14.8 Å². The van der Waals surface area contributed by atoms with E-state index in [0.717, 1.165) is 23.9 Å². The monoisotopic (exact) mass is 279 g/mol. The maximum atomic E-state index is 4.37. The van der Waals surface area contributed by atoms with Crippen molar-refractivity contribution in [2.24, 2.45) is 0 Å². The van der Waals surface area contributed by atoms with E-state index in [1.54, 1.807) is 11.8 Å². The van der Waals surface area contributed by atoms with Crippen LogP contribution in [0.5, 0.6) is 0 Å². The zero-order valence-corrected chi connectivity index (χ0v) is 11.7. The molecule has 0 unspecified atom stereocenters. The second-order valence-corrected chi connectivity index (χ2v) is 5.87. The summed E-state index contributed by atoms with van der Waals surface area (Å²) >= 11 is 1.70. The van der Waals surface area contributed by atoms with Gasteiger partial charge in [0.05, 0.1) is 6.54 Å². The van der Waals surface area contributed by atoms with E-state index in [9.17, 15) is 0 Å². The first-order chi connectivity index (χ1) is 9.90. The summed E-state index contributed by atoms with van der Waals surface area (Å²) in [5.41, 5.74) is 2.62. The average molecular weight is 279 g/mol. The molecule has 0 fully saturated rings. The Morgan fingerprint density at radius 2 is 1.75 bits per heavy atom. The van der Waals surface area contributed by atoms with Gasteiger partial charge < -0.3 is 4.57 Å². The van der Waals surface area contributed by atoms with E-state index in [0.29, 0.717) is 0 Å². The van der Waals surface area contributed by atoms with E-state index in [4.69, 9.17) is 0 Å². The van der Waals surface area contributed by atoms with Gasteiger partial charge >= 0.3 is 0 Å². The lowest BCUT2D eigenvalue weighted by Gasteiger charge is -2.17. The standard InChI is InChI=1S/C16H13N3S/c1-2-6-12(7-3-1)10-15-17-18-16-19(15)11-13-8-4-5-9-14(13)20-16/h1-9H,10-11H2. The van der Waals surface area contributed by atoms with Gasteiger partial charge in [-0.15, -0.1) is 10.2 Å². The molecule has 3 nitrogen and oxygen atoms in total. The Morgan fingerprint density at radius 1 is 0.950 bits per heavy atom. The van der Waals surface area contributed by atoms with Crippen molar-refractivity contribution in [2.75, 3.05) is 0 Å². The molecule has 0 N–H and O–H groups in total. The summed E-state index contributed by atoms with van der Waals surface area (Å²) in [6.45, 7) is 0.869. The van der Waals surface area contributed by atoms with E-state index >= 15 is 0 Å². The van der Waals surface area contributed by atoms with Gasteiger partial charge in [-0.25, -0.2) is 0 Å². The second kappa shape index (κ2) is 4.80. The molecule has 0 aliphatic carbocycles. The van der Waals surface area contributed by atoms with Crippen LogP contribution < -0.4 is 0 Å². The zero-order chi connectivity index (χ0) is 13.4. The first-order valence-electron chi connectivity index (χ1n) is 6.62. The van der Waals surface area contributed by atoms with Crippen LogP contribution in [0.4, 0.5) is 0 Å². The van der Waals surface area contributed by atoms with Gasteiger partial charge in [0.1, 0.15) is 5.82 Å². The molecule has 0 radical (unpaired) electrons. The molecule has 1 aliphatic heterocycles. The zero-order valence-electron chi connectivity index (χ0n) is 10.9. The van der Waals surface area contributed by atoms with Crippen LogP contribution in [0, 0.1) is 0 Å². The molecule has 4 rings (SSSR count). The summed E-state index contributed by atoms with van der Waals surface area (Å²) in [6.07, 6.45) is 0.830. The molecule has 0 bridgehead atoms. The third kappa shape index (κ3) is 2.02. The topological polar surface area (TPSA) is 30.7 Å². The highest BCUT2D eigenvalue weighted by Crippen LogP contribution is 2.35. The lowest BCUT2D eigenvalue weighted by Crippen LogP contribution is -2.11. The fraction of sp³-hybridized carbons (Fsp3) is 0.125. The molecule has 0 saturated carbocycles. The van der Waals surface area contributed by atoms with Gasteiger partial charge in [-0.1, -0.05) is 48.5 Å². The van der Waals surface area contributed by atoms with Crippen LogP contribution in [0.15, 0.2) is 64.6 Å². The lowest BCUT2D eigenvalue weighted by molar-refractivity contribution is 0.657. The first-order valence-corrected chi connectivity index (χ1v) is 7.43. The molecule has 0 saturated heterocycles. The molecule has 20 heavy (non-hydrogen) atoms. The highest BCUT2D eigenvalue weighted by Gasteiger charge is 2.20. The Morgan fingerprint density at radius 3 is 2.65 bits per heavy atom. The van der Waals surface area contributed by atoms with Crippen molar-refractivity contribution in [1.29, 1.82) is 0 Å². The molecular formula is C16H13N3S. The van der Waals surface area contributed by atoms with Gasteiger partial charge in [-0.2, -0.15) is 0 Å². The van der Waals surface area contributed by atoms with E-state index in [-0.39, 0.29) is 0 Å². The van der Waals surface area contributed by atoms with Crippen LogP contribution in [0.3, 0.4) is 0 Å². The first kappa shape index (κ1) is 11.7. The molecule has 0 atom stereocenters. The normalized spacial score (nSPS) is 12.8. The number of fused-ring (bicyclic) bond motifs is 2. The van der Waals surface area contributed by atoms with Crippen LogP contribution in [0.25, 0.3) is 0 Å². The van der Waals surface area contributed by atoms with Gasteiger partial charge in [-0.05, 0) is 29.0 Å². The fourth-order valence-electron chi connectivity index (χ4n) is 2.47. The number of rotatable bonds is 2.